The van der Waals surface area contributed by atoms with Gasteiger partial charge in [-0.1, -0.05) is 0 Å². The highest BCUT2D eigenvalue weighted by molar-refractivity contribution is 9.10. The third kappa shape index (κ3) is 6.12. The van der Waals surface area contributed by atoms with Crippen molar-refractivity contribution in [2.75, 3.05) is 19.1 Å². The zero-order valence-electron chi connectivity index (χ0n) is 17.3. The summed E-state index contributed by atoms with van der Waals surface area (Å²) in [5, 5.41) is 0. The molecule has 0 N–H and O–H groups in total. The maximum Gasteiger partial charge on any atom is 0.424 e. The summed E-state index contributed by atoms with van der Waals surface area (Å²) in [4.78, 5) is 38.7. The lowest BCUT2D eigenvalue weighted by atomic mass is 10.1. The summed E-state index contributed by atoms with van der Waals surface area (Å²) in [5.74, 6) is -0.702. The SMILES string of the molecule is COC(=O)c1c(N(C(=O)OC(C)(C)C)C(=O)OC(C)(C)C)ccc(Br)c1OC. The highest BCUT2D eigenvalue weighted by atomic mass is 79.9. The zero-order valence-corrected chi connectivity index (χ0v) is 18.9. The van der Waals surface area contributed by atoms with Crippen molar-refractivity contribution < 1.29 is 33.3 Å². The minimum atomic E-state index is -1.00. The summed E-state index contributed by atoms with van der Waals surface area (Å²) >= 11 is 3.28. The maximum atomic E-state index is 12.8. The van der Waals surface area contributed by atoms with Gasteiger partial charge in [0.1, 0.15) is 22.5 Å². The number of ether oxygens (including phenoxy) is 4. The second-order valence-corrected chi connectivity index (χ2v) is 8.62. The number of esters is 1. The standard InChI is InChI=1S/C19H26BrNO7/c1-18(2,3)27-16(23)21(17(24)28-19(4,5)6)12-10-9-11(20)14(25-7)13(12)15(22)26-8/h9-10H,1-8H3. The molecule has 9 heteroatoms. The smallest absolute Gasteiger partial charge is 0.424 e. The van der Waals surface area contributed by atoms with E-state index in [-0.39, 0.29) is 17.0 Å². The predicted octanol–water partition coefficient (Wildman–Crippen LogP) is 4.92. The summed E-state index contributed by atoms with van der Waals surface area (Å²) in [6.45, 7) is 9.93. The van der Waals surface area contributed by atoms with Crippen LogP contribution in [0.5, 0.6) is 5.75 Å². The summed E-state index contributed by atoms with van der Waals surface area (Å²) < 4.78 is 21.2. The van der Waals surface area contributed by atoms with Gasteiger partial charge in [-0.25, -0.2) is 14.4 Å². The molecule has 0 aromatic heterocycles. The first-order valence-electron chi connectivity index (χ1n) is 8.42. The van der Waals surface area contributed by atoms with Crippen LogP contribution in [0.2, 0.25) is 0 Å². The number of methoxy groups -OCH3 is 2. The predicted molar refractivity (Wildman–Crippen MR) is 107 cm³/mol. The van der Waals surface area contributed by atoms with Gasteiger partial charge in [-0.2, -0.15) is 4.90 Å². The van der Waals surface area contributed by atoms with Gasteiger partial charge in [0.05, 0.1) is 24.4 Å². The molecule has 0 spiro atoms. The van der Waals surface area contributed by atoms with E-state index in [0.717, 1.165) is 0 Å². The Kier molecular flexibility index (Phi) is 7.47. The van der Waals surface area contributed by atoms with Crippen LogP contribution in [0.25, 0.3) is 0 Å². The Morgan fingerprint density at radius 3 is 1.71 bits per heavy atom. The third-order valence-corrected chi connectivity index (χ3v) is 3.70. The molecule has 0 saturated heterocycles. The van der Waals surface area contributed by atoms with Gasteiger partial charge in [-0.15, -0.1) is 0 Å². The van der Waals surface area contributed by atoms with Gasteiger partial charge in [0.15, 0.2) is 0 Å². The summed E-state index contributed by atoms with van der Waals surface area (Å²) in [7, 11) is 2.53. The van der Waals surface area contributed by atoms with Crippen LogP contribution in [0.3, 0.4) is 0 Å². The molecule has 8 nitrogen and oxygen atoms in total. The fourth-order valence-electron chi connectivity index (χ4n) is 2.12. The van der Waals surface area contributed by atoms with Gasteiger partial charge in [0.25, 0.3) is 0 Å². The summed E-state index contributed by atoms with van der Waals surface area (Å²) in [6, 6.07) is 2.93. The van der Waals surface area contributed by atoms with Gasteiger partial charge < -0.3 is 18.9 Å². The monoisotopic (exact) mass is 459 g/mol. The van der Waals surface area contributed by atoms with Crippen LogP contribution in [0, 0.1) is 0 Å². The van der Waals surface area contributed by atoms with Crippen molar-refractivity contribution in [2.24, 2.45) is 0 Å². The van der Waals surface area contributed by atoms with Crippen molar-refractivity contribution >= 4 is 39.8 Å². The van der Waals surface area contributed by atoms with E-state index in [4.69, 9.17) is 18.9 Å². The van der Waals surface area contributed by atoms with Crippen LogP contribution >= 0.6 is 15.9 Å². The number of halogens is 1. The van der Waals surface area contributed by atoms with Crippen molar-refractivity contribution in [3.63, 3.8) is 0 Å². The Morgan fingerprint density at radius 2 is 1.36 bits per heavy atom. The first-order valence-corrected chi connectivity index (χ1v) is 9.22. The molecule has 0 bridgehead atoms. The van der Waals surface area contributed by atoms with Crippen molar-refractivity contribution in [2.45, 2.75) is 52.7 Å². The van der Waals surface area contributed by atoms with Crippen LogP contribution < -0.4 is 9.64 Å². The number of carbonyl (C=O) groups is 3. The molecule has 0 heterocycles. The van der Waals surface area contributed by atoms with Crippen LogP contribution in [-0.4, -0.2) is 43.6 Å². The lowest BCUT2D eigenvalue weighted by Gasteiger charge is -2.29. The van der Waals surface area contributed by atoms with E-state index in [1.54, 1.807) is 41.5 Å². The average Bonchev–Trinajstić information content (AvgIpc) is 2.51. The highest BCUT2D eigenvalue weighted by Gasteiger charge is 2.37. The molecule has 0 aliphatic rings. The second kappa shape index (κ2) is 8.81. The summed E-state index contributed by atoms with van der Waals surface area (Å²) in [5.41, 5.74) is -1.99. The highest BCUT2D eigenvalue weighted by Crippen LogP contribution is 2.37. The zero-order chi connectivity index (χ0) is 21.9. The topological polar surface area (TPSA) is 91.4 Å². The van der Waals surface area contributed by atoms with Crippen LogP contribution in [0.4, 0.5) is 15.3 Å². The summed E-state index contributed by atoms with van der Waals surface area (Å²) in [6.07, 6.45) is -2.01. The molecule has 2 amide bonds. The first kappa shape index (κ1) is 23.7. The fraction of sp³-hybridized carbons (Fsp3) is 0.526. The lowest BCUT2D eigenvalue weighted by Crippen LogP contribution is -2.44. The molecule has 0 saturated carbocycles. The molecule has 28 heavy (non-hydrogen) atoms. The number of imide groups is 1. The largest absolute Gasteiger partial charge is 0.495 e. The lowest BCUT2D eigenvalue weighted by molar-refractivity contribution is 0.0430. The number of anilines is 1. The Bertz CT molecular complexity index is 735. The number of hydrogen-bond donors (Lipinski definition) is 0. The molecular weight excluding hydrogens is 434 g/mol. The van der Waals surface area contributed by atoms with E-state index in [9.17, 15) is 14.4 Å². The normalized spacial score (nSPS) is 11.5. The van der Waals surface area contributed by atoms with Gasteiger partial charge in [0.2, 0.25) is 0 Å². The van der Waals surface area contributed by atoms with E-state index in [1.807, 2.05) is 0 Å². The number of hydrogen-bond acceptors (Lipinski definition) is 7. The Labute approximate surface area is 173 Å². The van der Waals surface area contributed by atoms with E-state index >= 15 is 0 Å². The van der Waals surface area contributed by atoms with Crippen LogP contribution in [0.15, 0.2) is 16.6 Å². The molecule has 0 aliphatic carbocycles. The van der Waals surface area contributed by atoms with Crippen LogP contribution in [-0.2, 0) is 14.2 Å². The minimum Gasteiger partial charge on any atom is -0.495 e. The fourth-order valence-corrected chi connectivity index (χ4v) is 2.61. The number of benzene rings is 1. The van der Waals surface area contributed by atoms with E-state index in [2.05, 4.69) is 15.9 Å². The number of carbonyl (C=O) groups excluding carboxylic acids is 3. The molecule has 156 valence electrons. The van der Waals surface area contributed by atoms with Gasteiger partial charge in [-0.3, -0.25) is 0 Å². The molecule has 0 aliphatic heterocycles. The quantitative estimate of drug-likeness (QED) is 0.467. The van der Waals surface area contributed by atoms with Crippen molar-refractivity contribution in [1.29, 1.82) is 0 Å². The molecule has 0 atom stereocenters. The van der Waals surface area contributed by atoms with Gasteiger partial charge >= 0.3 is 18.2 Å². The molecule has 1 rings (SSSR count). The second-order valence-electron chi connectivity index (χ2n) is 7.76. The molecule has 0 unspecified atom stereocenters. The minimum absolute atomic E-state index is 0.0876. The van der Waals surface area contributed by atoms with Crippen molar-refractivity contribution in [3.05, 3.63) is 22.2 Å². The number of rotatable bonds is 3. The van der Waals surface area contributed by atoms with Crippen LogP contribution in [0.1, 0.15) is 51.9 Å². The first-order chi connectivity index (χ1) is 12.7. The molecule has 0 radical (unpaired) electrons. The van der Waals surface area contributed by atoms with Gasteiger partial charge in [0, 0.05) is 0 Å². The molecule has 0 fully saturated rings. The third-order valence-electron chi connectivity index (χ3n) is 3.07. The van der Waals surface area contributed by atoms with E-state index in [1.165, 1.54) is 26.4 Å². The van der Waals surface area contributed by atoms with Crippen molar-refractivity contribution in [1.82, 2.24) is 0 Å². The average molecular weight is 460 g/mol. The Hall–Kier alpha value is -2.29. The number of amides is 2. The molecule has 1 aromatic rings. The number of nitrogens with zero attached hydrogens (tertiary/aromatic N) is 1. The van der Waals surface area contributed by atoms with Crippen molar-refractivity contribution in [3.8, 4) is 5.75 Å². The van der Waals surface area contributed by atoms with E-state index in [0.29, 0.717) is 9.37 Å². The molecule has 1 aromatic carbocycles. The molecular formula is C19H26BrNO7. The maximum absolute atomic E-state index is 12.8. The van der Waals surface area contributed by atoms with E-state index < -0.39 is 29.4 Å². The van der Waals surface area contributed by atoms with Gasteiger partial charge in [-0.05, 0) is 69.6 Å². The Morgan fingerprint density at radius 1 is 0.893 bits per heavy atom. The Balaban J connectivity index is 3.68.